The highest BCUT2D eigenvalue weighted by Gasteiger charge is 2.16. The number of para-hydroxylation sites is 2. The van der Waals surface area contributed by atoms with Crippen LogP contribution in [0.25, 0.3) is 54.6 Å². The molecular formula is C32H19N3. The van der Waals surface area contributed by atoms with Crippen LogP contribution in [0.1, 0.15) is 5.56 Å². The summed E-state index contributed by atoms with van der Waals surface area (Å²) in [5.74, 6) is 0. The van der Waals surface area contributed by atoms with Gasteiger partial charge >= 0.3 is 0 Å². The second-order valence-corrected chi connectivity index (χ2v) is 8.43. The molecular weight excluding hydrogens is 426 g/mol. The molecule has 0 N–H and O–H groups in total. The van der Waals surface area contributed by atoms with Crippen molar-refractivity contribution in [3.8, 4) is 34.0 Å². The number of aromatic nitrogens is 1. The van der Waals surface area contributed by atoms with Gasteiger partial charge in [0.2, 0.25) is 0 Å². The molecule has 0 unspecified atom stereocenters. The molecule has 0 atom stereocenters. The summed E-state index contributed by atoms with van der Waals surface area (Å²) in [7, 11) is 0. The monoisotopic (exact) mass is 445 g/mol. The summed E-state index contributed by atoms with van der Waals surface area (Å²) in [6, 6.07) is 40.8. The van der Waals surface area contributed by atoms with Crippen molar-refractivity contribution in [2.24, 2.45) is 0 Å². The largest absolute Gasteiger partial charge is 0.310 e. The van der Waals surface area contributed by atoms with Gasteiger partial charge in [-0.3, -0.25) is 0 Å². The second-order valence-electron chi connectivity index (χ2n) is 8.43. The first-order chi connectivity index (χ1) is 17.3. The molecule has 35 heavy (non-hydrogen) atoms. The van der Waals surface area contributed by atoms with Gasteiger partial charge in [-0.15, -0.1) is 0 Å². The van der Waals surface area contributed by atoms with Crippen molar-refractivity contribution in [2.45, 2.75) is 0 Å². The fourth-order valence-corrected chi connectivity index (χ4v) is 4.92. The Kier molecular flexibility index (Phi) is 4.88. The van der Waals surface area contributed by atoms with Crippen LogP contribution in [-0.2, 0) is 0 Å². The maximum absolute atomic E-state index is 10.2. The van der Waals surface area contributed by atoms with Crippen LogP contribution in [0.3, 0.4) is 0 Å². The fourth-order valence-electron chi connectivity index (χ4n) is 4.92. The van der Waals surface area contributed by atoms with Crippen molar-refractivity contribution >= 4 is 27.5 Å². The zero-order valence-corrected chi connectivity index (χ0v) is 18.8. The smallest absolute Gasteiger partial charge is 0.189 e. The van der Waals surface area contributed by atoms with Crippen LogP contribution in [-0.4, -0.2) is 4.57 Å². The molecule has 0 aliphatic rings. The zero-order valence-electron chi connectivity index (χ0n) is 18.8. The van der Waals surface area contributed by atoms with E-state index in [1.165, 1.54) is 10.8 Å². The van der Waals surface area contributed by atoms with Crippen LogP contribution in [0.15, 0.2) is 115 Å². The molecule has 0 radical (unpaired) electrons. The quantitative estimate of drug-likeness (QED) is 0.251. The lowest BCUT2D eigenvalue weighted by Crippen LogP contribution is -1.95. The molecule has 6 aromatic rings. The van der Waals surface area contributed by atoms with Crippen LogP contribution in [0.5, 0.6) is 0 Å². The molecule has 0 saturated heterocycles. The first-order valence-electron chi connectivity index (χ1n) is 11.4. The van der Waals surface area contributed by atoms with Gasteiger partial charge in [0.15, 0.2) is 5.69 Å². The van der Waals surface area contributed by atoms with Gasteiger partial charge in [0.05, 0.1) is 23.2 Å². The molecule has 3 nitrogen and oxygen atoms in total. The Morgan fingerprint density at radius 3 is 1.86 bits per heavy atom. The molecule has 1 aromatic heterocycles. The lowest BCUT2D eigenvalue weighted by molar-refractivity contribution is 1.18. The van der Waals surface area contributed by atoms with Crippen LogP contribution >= 0.6 is 0 Å². The molecule has 0 bridgehead atoms. The van der Waals surface area contributed by atoms with Gasteiger partial charge in [-0.25, -0.2) is 4.85 Å². The molecule has 0 aliphatic carbocycles. The van der Waals surface area contributed by atoms with Crippen LogP contribution in [0, 0.1) is 17.9 Å². The van der Waals surface area contributed by atoms with Crippen molar-refractivity contribution in [1.29, 1.82) is 5.26 Å². The van der Waals surface area contributed by atoms with Crippen molar-refractivity contribution in [1.82, 2.24) is 4.57 Å². The average Bonchev–Trinajstić information content (AvgIpc) is 3.27. The standard InChI is InChI=1S/C32H19N3/c1-34-24-18-23(27-15-9-14-26(30(27)21-33)22-10-3-2-4-11-22)19-25(20-24)35-31-16-7-5-12-28(31)29-13-6-8-17-32(29)35/h2-20H. The number of nitriles is 1. The average molecular weight is 446 g/mol. The number of hydrogen-bond donors (Lipinski definition) is 0. The van der Waals surface area contributed by atoms with Crippen molar-refractivity contribution < 1.29 is 0 Å². The number of hydrogen-bond acceptors (Lipinski definition) is 1. The molecule has 6 rings (SSSR count). The predicted molar refractivity (Wildman–Crippen MR) is 143 cm³/mol. The maximum atomic E-state index is 10.2. The molecule has 162 valence electrons. The zero-order chi connectivity index (χ0) is 23.8. The Balaban J connectivity index is 1.64. The van der Waals surface area contributed by atoms with E-state index in [4.69, 9.17) is 6.57 Å². The Labute approximate surface area is 203 Å². The molecule has 0 saturated carbocycles. The summed E-state index contributed by atoms with van der Waals surface area (Å²) in [6.45, 7) is 7.78. The molecule has 0 amide bonds. The highest BCUT2D eigenvalue weighted by molar-refractivity contribution is 6.09. The van der Waals surface area contributed by atoms with E-state index in [0.29, 0.717) is 11.3 Å². The number of nitrogens with zero attached hydrogens (tertiary/aromatic N) is 3. The van der Waals surface area contributed by atoms with Crippen LogP contribution in [0.2, 0.25) is 0 Å². The van der Waals surface area contributed by atoms with Gasteiger partial charge in [0.25, 0.3) is 0 Å². The number of rotatable bonds is 3. The normalized spacial score (nSPS) is 10.8. The Hall–Kier alpha value is -5.12. The Bertz CT molecular complexity index is 1760. The highest BCUT2D eigenvalue weighted by Crippen LogP contribution is 2.37. The minimum atomic E-state index is 0.536. The summed E-state index contributed by atoms with van der Waals surface area (Å²) in [5, 5.41) is 12.5. The van der Waals surface area contributed by atoms with Crippen molar-refractivity contribution in [3.63, 3.8) is 0 Å². The molecule has 3 heteroatoms. The van der Waals surface area contributed by atoms with E-state index in [1.54, 1.807) is 0 Å². The fraction of sp³-hybridized carbons (Fsp3) is 0. The van der Waals surface area contributed by atoms with Gasteiger partial charge in [0.1, 0.15) is 6.07 Å². The first kappa shape index (κ1) is 20.5. The Morgan fingerprint density at radius 1 is 0.629 bits per heavy atom. The van der Waals surface area contributed by atoms with Gasteiger partial charge in [-0.1, -0.05) is 84.9 Å². The summed E-state index contributed by atoms with van der Waals surface area (Å²) in [6.07, 6.45) is 0. The van der Waals surface area contributed by atoms with E-state index in [2.05, 4.69) is 45.8 Å². The van der Waals surface area contributed by atoms with Gasteiger partial charge < -0.3 is 4.57 Å². The summed E-state index contributed by atoms with van der Waals surface area (Å²) in [5.41, 5.74) is 7.76. The summed E-state index contributed by atoms with van der Waals surface area (Å²) >= 11 is 0. The van der Waals surface area contributed by atoms with Gasteiger partial charge in [-0.05, 0) is 47.0 Å². The Morgan fingerprint density at radius 2 is 1.23 bits per heavy atom. The van der Waals surface area contributed by atoms with Crippen LogP contribution in [0.4, 0.5) is 5.69 Å². The van der Waals surface area contributed by atoms with E-state index in [9.17, 15) is 5.26 Å². The highest BCUT2D eigenvalue weighted by atomic mass is 15.0. The molecule has 0 aliphatic heterocycles. The SMILES string of the molecule is [C-]#[N+]c1cc(-c2cccc(-c3ccccc3)c2C#N)cc(-n2c3ccccc3c3ccccc32)c1. The minimum absolute atomic E-state index is 0.536. The van der Waals surface area contributed by atoms with Gasteiger partial charge in [-0.2, -0.15) is 5.26 Å². The summed E-state index contributed by atoms with van der Waals surface area (Å²) < 4.78 is 2.20. The molecule has 0 fully saturated rings. The van der Waals surface area contributed by atoms with Crippen LogP contribution < -0.4 is 0 Å². The molecule has 1 heterocycles. The number of fused-ring (bicyclic) bond motifs is 3. The third-order valence-corrected chi connectivity index (χ3v) is 6.44. The van der Waals surface area contributed by atoms with E-state index >= 15 is 0 Å². The maximum Gasteiger partial charge on any atom is 0.189 e. The number of benzene rings is 5. The van der Waals surface area contributed by atoms with Crippen molar-refractivity contribution in [3.05, 3.63) is 132 Å². The summed E-state index contributed by atoms with van der Waals surface area (Å²) in [4.78, 5) is 3.78. The first-order valence-corrected chi connectivity index (χ1v) is 11.4. The van der Waals surface area contributed by atoms with E-state index in [1.807, 2.05) is 84.9 Å². The molecule has 0 spiro atoms. The van der Waals surface area contributed by atoms with Crippen molar-refractivity contribution in [2.75, 3.05) is 0 Å². The lowest BCUT2D eigenvalue weighted by Gasteiger charge is -2.14. The van der Waals surface area contributed by atoms with E-state index in [-0.39, 0.29) is 0 Å². The van der Waals surface area contributed by atoms with Gasteiger partial charge in [0, 0.05) is 22.0 Å². The third kappa shape index (κ3) is 3.35. The molecule has 5 aromatic carbocycles. The minimum Gasteiger partial charge on any atom is -0.310 e. The lowest BCUT2D eigenvalue weighted by atomic mass is 9.92. The third-order valence-electron chi connectivity index (χ3n) is 6.44. The van der Waals surface area contributed by atoms with E-state index in [0.717, 1.165) is 39.0 Å². The topological polar surface area (TPSA) is 33.1 Å². The second kappa shape index (κ2) is 8.34. The van der Waals surface area contributed by atoms with E-state index < -0.39 is 0 Å². The predicted octanol–water partition coefficient (Wildman–Crippen LogP) is 8.54.